The van der Waals surface area contributed by atoms with Crippen LogP contribution in [-0.2, 0) is 10.2 Å². The summed E-state index contributed by atoms with van der Waals surface area (Å²) in [6, 6.07) is 7.68. The van der Waals surface area contributed by atoms with Crippen molar-refractivity contribution in [3.8, 4) is 0 Å². The van der Waals surface area contributed by atoms with Crippen LogP contribution in [0.3, 0.4) is 0 Å². The summed E-state index contributed by atoms with van der Waals surface area (Å²) in [5.74, 6) is 0.0448. The summed E-state index contributed by atoms with van der Waals surface area (Å²) in [5.41, 5.74) is 0.748. The Morgan fingerprint density at radius 1 is 1.22 bits per heavy atom. The fourth-order valence-electron chi connectivity index (χ4n) is 3.45. The van der Waals surface area contributed by atoms with Crippen LogP contribution in [0.5, 0.6) is 0 Å². The molecule has 23 heavy (non-hydrogen) atoms. The van der Waals surface area contributed by atoms with Crippen LogP contribution in [0.25, 0.3) is 0 Å². The Hall–Kier alpha value is -1.06. The molecule has 0 unspecified atom stereocenters. The number of carbonyl (C=O) groups is 1. The fourth-order valence-corrected chi connectivity index (χ4v) is 3.57. The van der Waals surface area contributed by atoms with Gasteiger partial charge in [0.05, 0.1) is 6.61 Å². The molecule has 0 atom stereocenters. The van der Waals surface area contributed by atoms with Crippen LogP contribution in [-0.4, -0.2) is 24.2 Å². The Bertz CT molecular complexity index is 519. The van der Waals surface area contributed by atoms with E-state index in [4.69, 9.17) is 11.6 Å². The summed E-state index contributed by atoms with van der Waals surface area (Å²) >= 11 is 5.93. The van der Waals surface area contributed by atoms with E-state index in [1.807, 2.05) is 24.3 Å². The van der Waals surface area contributed by atoms with Crippen molar-refractivity contribution in [2.24, 2.45) is 5.41 Å². The molecule has 1 amide bonds. The van der Waals surface area contributed by atoms with Gasteiger partial charge in [0.15, 0.2) is 0 Å². The number of rotatable bonds is 6. The first-order valence-corrected chi connectivity index (χ1v) is 8.88. The standard InChI is InChI=1S/C19H28ClNO2/c1-18(2,15-6-8-16(20)9-7-15)12-17(23)21-13-19(14-22)10-4-3-5-11-19/h6-9,22H,3-5,10-14H2,1-2H3,(H,21,23). The minimum absolute atomic E-state index is 0.0448. The van der Waals surface area contributed by atoms with Gasteiger partial charge in [-0.3, -0.25) is 4.79 Å². The second kappa shape index (κ2) is 7.67. The minimum atomic E-state index is -0.242. The van der Waals surface area contributed by atoms with Crippen LogP contribution in [0, 0.1) is 5.41 Å². The molecule has 0 spiro atoms. The molecule has 0 saturated heterocycles. The highest BCUT2D eigenvalue weighted by Crippen LogP contribution is 2.35. The molecule has 0 bridgehead atoms. The van der Waals surface area contributed by atoms with Crippen molar-refractivity contribution in [2.75, 3.05) is 13.2 Å². The van der Waals surface area contributed by atoms with Crippen LogP contribution in [0.1, 0.15) is 57.9 Å². The highest BCUT2D eigenvalue weighted by atomic mass is 35.5. The largest absolute Gasteiger partial charge is 0.396 e. The molecule has 1 aromatic rings. The molecule has 2 rings (SSSR count). The lowest BCUT2D eigenvalue weighted by Crippen LogP contribution is -2.42. The molecule has 0 aromatic heterocycles. The number of amides is 1. The number of hydrogen-bond donors (Lipinski definition) is 2. The summed E-state index contributed by atoms with van der Waals surface area (Å²) in [6.45, 7) is 4.88. The van der Waals surface area contributed by atoms with Crippen LogP contribution < -0.4 is 5.32 Å². The van der Waals surface area contributed by atoms with Crippen molar-refractivity contribution in [3.05, 3.63) is 34.9 Å². The summed E-state index contributed by atoms with van der Waals surface area (Å²) in [5, 5.41) is 13.5. The number of halogens is 1. The van der Waals surface area contributed by atoms with Gasteiger partial charge in [-0.05, 0) is 36.0 Å². The fraction of sp³-hybridized carbons (Fsp3) is 0.632. The number of benzene rings is 1. The summed E-state index contributed by atoms with van der Waals surface area (Å²) in [6.07, 6.45) is 5.96. The highest BCUT2D eigenvalue weighted by molar-refractivity contribution is 6.30. The molecule has 2 N–H and O–H groups in total. The molecule has 0 radical (unpaired) electrons. The maximum atomic E-state index is 12.4. The molecule has 1 aromatic carbocycles. The predicted octanol–water partition coefficient (Wildman–Crippen LogP) is 4.07. The first-order chi connectivity index (χ1) is 10.9. The number of nitrogens with one attached hydrogen (secondary N) is 1. The smallest absolute Gasteiger partial charge is 0.220 e. The molecular weight excluding hydrogens is 310 g/mol. The van der Waals surface area contributed by atoms with E-state index in [0.717, 1.165) is 31.2 Å². The second-order valence-corrected chi connectivity index (χ2v) is 8.00. The van der Waals surface area contributed by atoms with Gasteiger partial charge in [0, 0.05) is 23.4 Å². The third-order valence-corrected chi connectivity index (χ3v) is 5.39. The van der Waals surface area contributed by atoms with Crippen molar-refractivity contribution in [2.45, 2.75) is 57.8 Å². The zero-order chi connectivity index (χ0) is 16.9. The lowest BCUT2D eigenvalue weighted by molar-refractivity contribution is -0.123. The Balaban J connectivity index is 1.91. The summed E-state index contributed by atoms with van der Waals surface area (Å²) < 4.78 is 0. The molecule has 1 aliphatic rings. The average molecular weight is 338 g/mol. The Kier molecular flexibility index (Phi) is 6.10. The maximum absolute atomic E-state index is 12.4. The van der Waals surface area contributed by atoms with Gasteiger partial charge >= 0.3 is 0 Å². The van der Waals surface area contributed by atoms with E-state index in [2.05, 4.69) is 19.2 Å². The SMILES string of the molecule is CC(C)(CC(=O)NCC1(CO)CCCCC1)c1ccc(Cl)cc1. The number of hydrogen-bond acceptors (Lipinski definition) is 2. The van der Waals surface area contributed by atoms with Crippen molar-refractivity contribution < 1.29 is 9.90 Å². The van der Waals surface area contributed by atoms with E-state index in [-0.39, 0.29) is 23.3 Å². The van der Waals surface area contributed by atoms with Gasteiger partial charge in [0.1, 0.15) is 0 Å². The Morgan fingerprint density at radius 2 is 1.83 bits per heavy atom. The molecule has 4 heteroatoms. The van der Waals surface area contributed by atoms with Gasteiger partial charge in [-0.25, -0.2) is 0 Å². The lowest BCUT2D eigenvalue weighted by atomic mass is 9.74. The first-order valence-electron chi connectivity index (χ1n) is 8.51. The molecule has 0 heterocycles. The van der Waals surface area contributed by atoms with E-state index in [1.54, 1.807) is 0 Å². The second-order valence-electron chi connectivity index (χ2n) is 7.56. The van der Waals surface area contributed by atoms with Crippen molar-refractivity contribution in [1.29, 1.82) is 0 Å². The molecule has 0 aliphatic heterocycles. The molecule has 128 valence electrons. The molecular formula is C19H28ClNO2. The molecule has 1 fully saturated rings. The molecule has 1 saturated carbocycles. The molecule has 3 nitrogen and oxygen atoms in total. The lowest BCUT2D eigenvalue weighted by Gasteiger charge is -2.36. The third-order valence-electron chi connectivity index (χ3n) is 5.14. The van der Waals surface area contributed by atoms with E-state index in [0.29, 0.717) is 18.0 Å². The Morgan fingerprint density at radius 3 is 2.39 bits per heavy atom. The zero-order valence-electron chi connectivity index (χ0n) is 14.2. The van der Waals surface area contributed by atoms with Crippen LogP contribution >= 0.6 is 11.6 Å². The van der Waals surface area contributed by atoms with Crippen LogP contribution in [0.4, 0.5) is 0 Å². The molecule has 1 aliphatic carbocycles. The zero-order valence-corrected chi connectivity index (χ0v) is 15.0. The van der Waals surface area contributed by atoms with Gasteiger partial charge < -0.3 is 10.4 Å². The van der Waals surface area contributed by atoms with Crippen LogP contribution in [0.2, 0.25) is 5.02 Å². The van der Waals surface area contributed by atoms with Crippen molar-refractivity contribution in [1.82, 2.24) is 5.32 Å². The van der Waals surface area contributed by atoms with E-state index >= 15 is 0 Å². The quantitative estimate of drug-likeness (QED) is 0.822. The topological polar surface area (TPSA) is 49.3 Å². The minimum Gasteiger partial charge on any atom is -0.396 e. The van der Waals surface area contributed by atoms with Gasteiger partial charge in [-0.15, -0.1) is 0 Å². The predicted molar refractivity (Wildman–Crippen MR) is 94.7 cm³/mol. The Labute approximate surface area is 144 Å². The van der Waals surface area contributed by atoms with Gasteiger partial charge in [0.2, 0.25) is 5.91 Å². The first kappa shape index (κ1) is 18.3. The van der Waals surface area contributed by atoms with E-state index in [1.165, 1.54) is 6.42 Å². The average Bonchev–Trinajstić information content (AvgIpc) is 2.54. The third kappa shape index (κ3) is 4.95. The van der Waals surface area contributed by atoms with Crippen LogP contribution in [0.15, 0.2) is 24.3 Å². The highest BCUT2D eigenvalue weighted by Gasteiger charge is 2.32. The maximum Gasteiger partial charge on any atom is 0.220 e. The summed E-state index contributed by atoms with van der Waals surface area (Å²) in [4.78, 5) is 12.4. The monoisotopic (exact) mass is 337 g/mol. The van der Waals surface area contributed by atoms with Crippen molar-refractivity contribution >= 4 is 17.5 Å². The van der Waals surface area contributed by atoms with Gasteiger partial charge in [-0.1, -0.05) is 56.8 Å². The number of carbonyl (C=O) groups excluding carboxylic acids is 1. The number of aliphatic hydroxyl groups is 1. The number of aliphatic hydroxyl groups excluding tert-OH is 1. The van der Waals surface area contributed by atoms with Crippen molar-refractivity contribution in [3.63, 3.8) is 0 Å². The van der Waals surface area contributed by atoms with E-state index < -0.39 is 0 Å². The summed E-state index contributed by atoms with van der Waals surface area (Å²) in [7, 11) is 0. The van der Waals surface area contributed by atoms with Gasteiger partial charge in [-0.2, -0.15) is 0 Å². The van der Waals surface area contributed by atoms with E-state index in [9.17, 15) is 9.90 Å². The normalized spacial score (nSPS) is 17.7. The van der Waals surface area contributed by atoms with Gasteiger partial charge in [0.25, 0.3) is 0 Å².